The van der Waals surface area contributed by atoms with Crippen molar-refractivity contribution in [3.05, 3.63) is 169 Å². The van der Waals surface area contributed by atoms with Crippen LogP contribution in [0.5, 0.6) is 0 Å². The van der Waals surface area contributed by atoms with Gasteiger partial charge >= 0.3 is 0 Å². The van der Waals surface area contributed by atoms with Gasteiger partial charge in [0, 0.05) is 10.8 Å². The molecule has 48 heavy (non-hydrogen) atoms. The summed E-state index contributed by atoms with van der Waals surface area (Å²) in [7, 11) is 0. The number of fused-ring (bicyclic) bond motifs is 5. The fourth-order valence-electron chi connectivity index (χ4n) is 7.49. The highest BCUT2D eigenvalue weighted by atomic mass is 16.3. The standard InChI is InChI=1S/C47H34O/c1-30(2)31-20-22-32(23-21-31)36-14-6-7-15-37(36)34-24-26-38-43-28-35(25-27-44(43)48-45(38)29-34)47-41-18-10-8-16-39(41)46(33-12-4-3-5-13-33)40-17-9-11-19-42(40)47/h3-30H,1-2H3. The van der Waals surface area contributed by atoms with E-state index >= 15 is 0 Å². The van der Waals surface area contributed by atoms with Crippen LogP contribution in [0.4, 0.5) is 0 Å². The summed E-state index contributed by atoms with van der Waals surface area (Å²) in [5.74, 6) is 0.511. The molecular weight excluding hydrogens is 581 g/mol. The third kappa shape index (κ3) is 4.62. The van der Waals surface area contributed by atoms with Gasteiger partial charge in [0.2, 0.25) is 0 Å². The zero-order valence-corrected chi connectivity index (χ0v) is 27.1. The summed E-state index contributed by atoms with van der Waals surface area (Å²) in [6.45, 7) is 4.47. The van der Waals surface area contributed by atoms with Crippen LogP contribution >= 0.6 is 0 Å². The van der Waals surface area contributed by atoms with Gasteiger partial charge in [-0.15, -0.1) is 0 Å². The predicted molar refractivity (Wildman–Crippen MR) is 205 cm³/mol. The Balaban J connectivity index is 1.20. The highest BCUT2D eigenvalue weighted by molar-refractivity contribution is 6.22. The van der Waals surface area contributed by atoms with Crippen LogP contribution in [0, 0.1) is 0 Å². The van der Waals surface area contributed by atoms with E-state index in [1.807, 2.05) is 0 Å². The zero-order valence-electron chi connectivity index (χ0n) is 27.1. The second kappa shape index (κ2) is 11.4. The first-order chi connectivity index (χ1) is 23.6. The first-order valence-corrected chi connectivity index (χ1v) is 16.8. The van der Waals surface area contributed by atoms with E-state index in [9.17, 15) is 0 Å². The summed E-state index contributed by atoms with van der Waals surface area (Å²) in [5.41, 5.74) is 12.9. The SMILES string of the molecule is CC(C)c1ccc(-c2ccccc2-c2ccc3c(c2)oc2ccc(-c4c5ccccc5c(-c5ccccc5)c5ccccc45)cc23)cc1. The minimum atomic E-state index is 0.511. The monoisotopic (exact) mass is 614 g/mol. The number of hydrogen-bond donors (Lipinski definition) is 0. The van der Waals surface area contributed by atoms with Crippen LogP contribution in [-0.4, -0.2) is 0 Å². The summed E-state index contributed by atoms with van der Waals surface area (Å²) in [4.78, 5) is 0. The average molecular weight is 615 g/mol. The Morgan fingerprint density at radius 3 is 1.50 bits per heavy atom. The number of rotatable bonds is 5. The van der Waals surface area contributed by atoms with Crippen molar-refractivity contribution >= 4 is 43.5 Å². The van der Waals surface area contributed by atoms with Crippen molar-refractivity contribution in [1.29, 1.82) is 0 Å². The molecule has 9 aromatic rings. The Labute approximate surface area is 280 Å². The molecule has 0 saturated heterocycles. The molecule has 0 fully saturated rings. The Morgan fingerprint density at radius 1 is 0.354 bits per heavy atom. The van der Waals surface area contributed by atoms with E-state index in [1.165, 1.54) is 66.1 Å². The molecule has 0 aliphatic heterocycles. The Hall–Kier alpha value is -5.92. The van der Waals surface area contributed by atoms with Crippen LogP contribution in [0.15, 0.2) is 168 Å². The van der Waals surface area contributed by atoms with Gasteiger partial charge in [-0.25, -0.2) is 0 Å². The Bertz CT molecular complexity index is 2560. The van der Waals surface area contributed by atoms with Crippen LogP contribution in [0.1, 0.15) is 25.3 Å². The molecule has 0 aliphatic rings. The molecule has 1 heterocycles. The molecule has 0 spiro atoms. The van der Waals surface area contributed by atoms with Gasteiger partial charge < -0.3 is 4.42 Å². The molecule has 228 valence electrons. The van der Waals surface area contributed by atoms with Crippen molar-refractivity contribution in [3.63, 3.8) is 0 Å². The van der Waals surface area contributed by atoms with Crippen LogP contribution in [-0.2, 0) is 0 Å². The molecule has 1 aromatic heterocycles. The number of furan rings is 1. The lowest BCUT2D eigenvalue weighted by Gasteiger charge is -2.17. The normalized spacial score (nSPS) is 11.7. The van der Waals surface area contributed by atoms with Crippen molar-refractivity contribution in [2.24, 2.45) is 0 Å². The lowest BCUT2D eigenvalue weighted by Crippen LogP contribution is -1.90. The average Bonchev–Trinajstić information content (AvgIpc) is 3.51. The molecule has 0 aliphatic carbocycles. The van der Waals surface area contributed by atoms with Crippen molar-refractivity contribution < 1.29 is 4.42 Å². The third-order valence-electron chi connectivity index (χ3n) is 9.88. The van der Waals surface area contributed by atoms with Crippen molar-refractivity contribution in [2.45, 2.75) is 19.8 Å². The number of hydrogen-bond acceptors (Lipinski definition) is 1. The first kappa shape index (κ1) is 28.3. The molecule has 9 rings (SSSR count). The minimum absolute atomic E-state index is 0.511. The quantitative estimate of drug-likeness (QED) is 0.176. The summed E-state index contributed by atoms with van der Waals surface area (Å²) in [6.07, 6.45) is 0. The van der Waals surface area contributed by atoms with Gasteiger partial charge in [0.25, 0.3) is 0 Å². The molecule has 0 unspecified atom stereocenters. The van der Waals surface area contributed by atoms with Gasteiger partial charge in [-0.2, -0.15) is 0 Å². The van der Waals surface area contributed by atoms with Gasteiger partial charge in [0.15, 0.2) is 0 Å². The van der Waals surface area contributed by atoms with E-state index < -0.39 is 0 Å². The predicted octanol–water partition coefficient (Wildman–Crippen LogP) is 13.7. The van der Waals surface area contributed by atoms with Crippen LogP contribution in [0.2, 0.25) is 0 Å². The van der Waals surface area contributed by atoms with Crippen LogP contribution in [0.3, 0.4) is 0 Å². The van der Waals surface area contributed by atoms with Crippen molar-refractivity contribution in [2.75, 3.05) is 0 Å². The molecule has 0 atom stereocenters. The number of benzene rings is 8. The topological polar surface area (TPSA) is 13.1 Å². The maximum Gasteiger partial charge on any atom is 0.136 e. The highest BCUT2D eigenvalue weighted by Gasteiger charge is 2.18. The van der Waals surface area contributed by atoms with E-state index in [2.05, 4.69) is 178 Å². The molecule has 8 aromatic carbocycles. The smallest absolute Gasteiger partial charge is 0.136 e. The maximum absolute atomic E-state index is 6.55. The Kier molecular flexibility index (Phi) is 6.73. The second-order valence-electron chi connectivity index (χ2n) is 13.1. The summed E-state index contributed by atoms with van der Waals surface area (Å²) in [5, 5.41) is 7.29. The molecule has 0 amide bonds. The maximum atomic E-state index is 6.55. The molecule has 0 saturated carbocycles. The lowest BCUT2D eigenvalue weighted by molar-refractivity contribution is 0.669. The minimum Gasteiger partial charge on any atom is -0.456 e. The third-order valence-corrected chi connectivity index (χ3v) is 9.88. The van der Waals surface area contributed by atoms with Gasteiger partial charge in [0.1, 0.15) is 11.2 Å². The van der Waals surface area contributed by atoms with E-state index in [-0.39, 0.29) is 0 Å². The van der Waals surface area contributed by atoms with E-state index in [0.717, 1.165) is 27.5 Å². The summed E-state index contributed by atoms with van der Waals surface area (Å²) < 4.78 is 6.55. The summed E-state index contributed by atoms with van der Waals surface area (Å²) in [6, 6.07) is 59.4. The molecule has 1 heteroatoms. The van der Waals surface area contributed by atoms with E-state index in [4.69, 9.17) is 4.42 Å². The van der Waals surface area contributed by atoms with Gasteiger partial charge in [-0.3, -0.25) is 0 Å². The largest absolute Gasteiger partial charge is 0.456 e. The Morgan fingerprint density at radius 2 is 0.875 bits per heavy atom. The van der Waals surface area contributed by atoms with Crippen LogP contribution in [0.25, 0.3) is 88.0 Å². The summed E-state index contributed by atoms with van der Waals surface area (Å²) >= 11 is 0. The fraction of sp³-hybridized carbons (Fsp3) is 0.0638. The van der Waals surface area contributed by atoms with Gasteiger partial charge in [-0.1, -0.05) is 153 Å². The van der Waals surface area contributed by atoms with Gasteiger partial charge in [0.05, 0.1) is 0 Å². The van der Waals surface area contributed by atoms with Gasteiger partial charge in [-0.05, 0) is 102 Å². The molecular formula is C47H34O. The van der Waals surface area contributed by atoms with Crippen LogP contribution < -0.4 is 0 Å². The first-order valence-electron chi connectivity index (χ1n) is 16.8. The second-order valence-corrected chi connectivity index (χ2v) is 13.1. The van der Waals surface area contributed by atoms with Crippen molar-refractivity contribution in [3.8, 4) is 44.5 Å². The molecule has 1 nitrogen and oxygen atoms in total. The highest BCUT2D eigenvalue weighted by Crippen LogP contribution is 2.45. The fourth-order valence-corrected chi connectivity index (χ4v) is 7.49. The van der Waals surface area contributed by atoms with E-state index in [0.29, 0.717) is 5.92 Å². The molecule has 0 radical (unpaired) electrons. The molecule has 0 bridgehead atoms. The van der Waals surface area contributed by atoms with E-state index in [1.54, 1.807) is 0 Å². The van der Waals surface area contributed by atoms with Crippen molar-refractivity contribution in [1.82, 2.24) is 0 Å². The molecule has 0 N–H and O–H groups in total. The lowest BCUT2D eigenvalue weighted by atomic mass is 9.86. The zero-order chi connectivity index (χ0) is 32.2.